The number of nitrogens with two attached hydrogens (primary N) is 1. The molecule has 3 aromatic rings. The number of amides is 2. The molecule has 0 saturated heterocycles. The van der Waals surface area contributed by atoms with E-state index < -0.39 is 5.91 Å². The van der Waals surface area contributed by atoms with Crippen LogP contribution in [0, 0.1) is 0 Å². The molecular weight excluding hydrogens is 296 g/mol. The fraction of sp³-hybridized carbons (Fsp3) is 0.0588. The van der Waals surface area contributed by atoms with Gasteiger partial charge in [0.1, 0.15) is 5.00 Å². The molecule has 0 aliphatic carbocycles. The lowest BCUT2D eigenvalue weighted by atomic mass is 10.1. The highest BCUT2D eigenvalue weighted by Crippen LogP contribution is 2.36. The molecule has 0 atom stereocenters. The van der Waals surface area contributed by atoms with Crippen molar-refractivity contribution in [3.8, 4) is 10.4 Å². The Morgan fingerprint density at radius 3 is 2.45 bits per heavy atom. The molecule has 0 radical (unpaired) electrons. The summed E-state index contributed by atoms with van der Waals surface area (Å²) in [5.41, 5.74) is 6.71. The molecule has 0 unspecified atom stereocenters. The quantitative estimate of drug-likeness (QED) is 0.775. The van der Waals surface area contributed by atoms with Crippen molar-refractivity contribution in [2.75, 3.05) is 5.32 Å². The van der Waals surface area contributed by atoms with Crippen LogP contribution in [0.4, 0.5) is 5.00 Å². The molecule has 0 saturated carbocycles. The van der Waals surface area contributed by atoms with Gasteiger partial charge < -0.3 is 11.1 Å². The normalized spacial score (nSPS) is 10.6. The van der Waals surface area contributed by atoms with Crippen molar-refractivity contribution in [2.45, 2.75) is 6.92 Å². The number of primary amides is 1. The zero-order valence-corrected chi connectivity index (χ0v) is 12.7. The fourth-order valence-electron chi connectivity index (χ4n) is 2.31. The van der Waals surface area contributed by atoms with E-state index in [1.165, 1.54) is 18.3 Å². The van der Waals surface area contributed by atoms with Crippen LogP contribution in [0.2, 0.25) is 0 Å². The summed E-state index contributed by atoms with van der Waals surface area (Å²) in [6, 6.07) is 15.9. The number of anilines is 1. The average molecular weight is 310 g/mol. The number of benzene rings is 2. The zero-order chi connectivity index (χ0) is 15.7. The highest BCUT2D eigenvalue weighted by molar-refractivity contribution is 7.20. The summed E-state index contributed by atoms with van der Waals surface area (Å²) in [6.07, 6.45) is 0. The van der Waals surface area contributed by atoms with E-state index in [9.17, 15) is 9.59 Å². The Hall–Kier alpha value is -2.66. The molecule has 0 aliphatic rings. The minimum absolute atomic E-state index is 0.227. The lowest BCUT2D eigenvalue weighted by Gasteiger charge is -2.01. The number of fused-ring (bicyclic) bond motifs is 1. The van der Waals surface area contributed by atoms with Crippen LogP contribution in [0.15, 0.2) is 48.5 Å². The van der Waals surface area contributed by atoms with E-state index in [-0.39, 0.29) is 5.91 Å². The van der Waals surface area contributed by atoms with Crippen LogP contribution in [-0.4, -0.2) is 11.8 Å². The summed E-state index contributed by atoms with van der Waals surface area (Å²) in [7, 11) is 0. The van der Waals surface area contributed by atoms with Crippen LogP contribution in [0.1, 0.15) is 17.3 Å². The third-order valence-electron chi connectivity index (χ3n) is 3.32. The first-order chi connectivity index (χ1) is 10.5. The van der Waals surface area contributed by atoms with Crippen LogP contribution in [0.3, 0.4) is 0 Å². The van der Waals surface area contributed by atoms with Crippen LogP contribution in [0.25, 0.3) is 21.2 Å². The molecule has 2 amide bonds. The van der Waals surface area contributed by atoms with Crippen LogP contribution in [0.5, 0.6) is 0 Å². The summed E-state index contributed by atoms with van der Waals surface area (Å²) in [5, 5.41) is 5.42. The van der Waals surface area contributed by atoms with Gasteiger partial charge in [0, 0.05) is 11.8 Å². The van der Waals surface area contributed by atoms with Crippen LogP contribution in [-0.2, 0) is 4.79 Å². The molecule has 3 N–H and O–H groups in total. The number of hydrogen-bond donors (Lipinski definition) is 2. The number of carbonyl (C=O) groups is 2. The van der Waals surface area contributed by atoms with Crippen molar-refractivity contribution in [3.63, 3.8) is 0 Å². The van der Waals surface area contributed by atoms with Gasteiger partial charge in [-0.1, -0.05) is 36.4 Å². The highest BCUT2D eigenvalue weighted by atomic mass is 32.1. The fourth-order valence-corrected chi connectivity index (χ4v) is 3.42. The van der Waals surface area contributed by atoms with Crippen LogP contribution >= 0.6 is 11.3 Å². The van der Waals surface area contributed by atoms with Gasteiger partial charge in [0.15, 0.2) is 0 Å². The summed E-state index contributed by atoms with van der Waals surface area (Å²) >= 11 is 1.35. The molecule has 1 aromatic heterocycles. The summed E-state index contributed by atoms with van der Waals surface area (Å²) < 4.78 is 0. The first-order valence-corrected chi connectivity index (χ1v) is 7.56. The Kier molecular flexibility index (Phi) is 3.65. The molecular formula is C17H14N2O2S. The molecule has 1 heterocycles. The van der Waals surface area contributed by atoms with E-state index in [2.05, 4.69) is 11.4 Å². The highest BCUT2D eigenvalue weighted by Gasteiger charge is 2.15. The van der Waals surface area contributed by atoms with Gasteiger partial charge in [0.2, 0.25) is 5.91 Å². The maximum absolute atomic E-state index is 11.5. The lowest BCUT2D eigenvalue weighted by Crippen LogP contribution is -2.14. The first-order valence-electron chi connectivity index (χ1n) is 6.75. The van der Waals surface area contributed by atoms with Gasteiger partial charge in [-0.15, -0.1) is 11.3 Å². The van der Waals surface area contributed by atoms with Gasteiger partial charge in [0.05, 0.1) is 5.56 Å². The third-order valence-corrected chi connectivity index (χ3v) is 4.42. The van der Waals surface area contributed by atoms with E-state index in [1.54, 1.807) is 6.07 Å². The molecule has 4 nitrogen and oxygen atoms in total. The number of thiophene rings is 1. The maximum Gasteiger partial charge on any atom is 0.251 e. The standard InChI is InChI=1S/C17H14N2O2S/c1-10(20)19-17-14(16(18)21)9-15(22-17)13-7-6-11-4-2-3-5-12(11)8-13/h2-9H,1H3,(H2,18,21)(H,19,20). The number of hydrogen-bond acceptors (Lipinski definition) is 3. The molecule has 22 heavy (non-hydrogen) atoms. The third kappa shape index (κ3) is 2.71. The summed E-state index contributed by atoms with van der Waals surface area (Å²) in [6.45, 7) is 1.40. The van der Waals surface area contributed by atoms with E-state index in [0.717, 1.165) is 21.2 Å². The lowest BCUT2D eigenvalue weighted by molar-refractivity contribution is -0.114. The molecule has 3 rings (SSSR count). The second-order valence-electron chi connectivity index (χ2n) is 4.96. The average Bonchev–Trinajstić information content (AvgIpc) is 2.90. The Morgan fingerprint density at radius 2 is 1.77 bits per heavy atom. The SMILES string of the molecule is CC(=O)Nc1sc(-c2ccc3ccccc3c2)cc1C(N)=O. The second-order valence-corrected chi connectivity index (χ2v) is 6.01. The molecule has 110 valence electrons. The molecule has 2 aromatic carbocycles. The van der Waals surface area contributed by atoms with Crippen molar-refractivity contribution in [1.82, 2.24) is 0 Å². The largest absolute Gasteiger partial charge is 0.366 e. The van der Waals surface area contributed by atoms with Gasteiger partial charge in [-0.05, 0) is 28.5 Å². The molecule has 5 heteroatoms. The summed E-state index contributed by atoms with van der Waals surface area (Å²) in [5.74, 6) is -0.776. The predicted molar refractivity (Wildman–Crippen MR) is 90.1 cm³/mol. The van der Waals surface area contributed by atoms with Crippen molar-refractivity contribution >= 4 is 38.9 Å². The Morgan fingerprint density at radius 1 is 1.05 bits per heavy atom. The van der Waals surface area contributed by atoms with Gasteiger partial charge >= 0.3 is 0 Å². The van der Waals surface area contributed by atoms with Crippen molar-refractivity contribution in [2.24, 2.45) is 5.73 Å². The minimum Gasteiger partial charge on any atom is -0.366 e. The predicted octanol–water partition coefficient (Wildman–Crippen LogP) is 3.63. The maximum atomic E-state index is 11.5. The van der Waals surface area contributed by atoms with E-state index in [0.29, 0.717) is 10.6 Å². The Labute approximate surface area is 131 Å². The molecule has 0 aliphatic heterocycles. The number of nitrogens with one attached hydrogen (secondary N) is 1. The first kappa shape index (κ1) is 14.3. The second kappa shape index (κ2) is 5.61. The summed E-state index contributed by atoms with van der Waals surface area (Å²) in [4.78, 5) is 23.7. The molecule has 0 spiro atoms. The Bertz CT molecular complexity index is 883. The van der Waals surface area contributed by atoms with Gasteiger partial charge in [-0.3, -0.25) is 9.59 Å². The number of carbonyl (C=O) groups excluding carboxylic acids is 2. The topological polar surface area (TPSA) is 72.2 Å². The zero-order valence-electron chi connectivity index (χ0n) is 11.9. The van der Waals surface area contributed by atoms with Gasteiger partial charge in [-0.25, -0.2) is 0 Å². The van der Waals surface area contributed by atoms with Gasteiger partial charge in [-0.2, -0.15) is 0 Å². The monoisotopic (exact) mass is 310 g/mol. The van der Waals surface area contributed by atoms with Gasteiger partial charge in [0.25, 0.3) is 5.91 Å². The van der Waals surface area contributed by atoms with E-state index >= 15 is 0 Å². The number of rotatable bonds is 3. The molecule has 0 fully saturated rings. The van der Waals surface area contributed by atoms with Crippen molar-refractivity contribution < 1.29 is 9.59 Å². The minimum atomic E-state index is -0.549. The van der Waals surface area contributed by atoms with E-state index in [1.807, 2.05) is 36.4 Å². The molecule has 0 bridgehead atoms. The Balaban J connectivity index is 2.09. The van der Waals surface area contributed by atoms with Crippen molar-refractivity contribution in [1.29, 1.82) is 0 Å². The van der Waals surface area contributed by atoms with Crippen LogP contribution < -0.4 is 11.1 Å². The van der Waals surface area contributed by atoms with Crippen molar-refractivity contribution in [3.05, 3.63) is 54.1 Å². The van der Waals surface area contributed by atoms with E-state index in [4.69, 9.17) is 5.73 Å². The smallest absolute Gasteiger partial charge is 0.251 e.